The number of aryl methyl sites for hydroxylation is 2. The summed E-state index contributed by atoms with van der Waals surface area (Å²) < 4.78 is 1.44. The van der Waals surface area contributed by atoms with E-state index in [0.29, 0.717) is 5.69 Å². The molecule has 6 nitrogen and oxygen atoms in total. The fraction of sp³-hybridized carbons (Fsp3) is 0.625. The molecule has 122 valence electrons. The van der Waals surface area contributed by atoms with Crippen molar-refractivity contribution in [2.75, 3.05) is 11.9 Å². The standard InChI is InChI=1S/C16H25N3O3/c1-11-8-15(21)19(2)9-14(11)18-16(22)17-13-7-5-3-4-6-12(13)10-20/h8-9,12-13,20H,3-7,10H2,1-2H3,(H2,17,18,22). The molecule has 1 saturated carbocycles. The second-order valence-corrected chi connectivity index (χ2v) is 6.10. The molecule has 2 unspecified atom stereocenters. The molecule has 1 aliphatic carbocycles. The molecule has 2 atom stereocenters. The summed E-state index contributed by atoms with van der Waals surface area (Å²) in [6, 6.07) is 1.21. The van der Waals surface area contributed by atoms with Crippen LogP contribution in [0.5, 0.6) is 0 Å². The Balaban J connectivity index is 2.03. The Hall–Kier alpha value is -1.82. The number of aliphatic hydroxyl groups is 1. The van der Waals surface area contributed by atoms with Gasteiger partial charge in [0.2, 0.25) is 0 Å². The lowest BCUT2D eigenvalue weighted by Crippen LogP contribution is -2.43. The van der Waals surface area contributed by atoms with Crippen LogP contribution >= 0.6 is 0 Å². The van der Waals surface area contributed by atoms with Gasteiger partial charge in [-0.2, -0.15) is 0 Å². The van der Waals surface area contributed by atoms with Gasteiger partial charge in [0.25, 0.3) is 5.56 Å². The van der Waals surface area contributed by atoms with Crippen molar-refractivity contribution in [3.63, 3.8) is 0 Å². The lowest BCUT2D eigenvalue weighted by atomic mass is 9.96. The Morgan fingerprint density at radius 2 is 2.09 bits per heavy atom. The number of aromatic nitrogens is 1. The van der Waals surface area contributed by atoms with Crippen molar-refractivity contribution in [1.82, 2.24) is 9.88 Å². The highest BCUT2D eigenvalue weighted by molar-refractivity contribution is 5.90. The number of amides is 2. The Kier molecular flexibility index (Phi) is 5.60. The minimum atomic E-state index is -0.285. The Morgan fingerprint density at radius 3 is 2.82 bits per heavy atom. The van der Waals surface area contributed by atoms with Gasteiger partial charge in [-0.25, -0.2) is 4.79 Å². The highest BCUT2D eigenvalue weighted by Crippen LogP contribution is 2.23. The monoisotopic (exact) mass is 307 g/mol. The third kappa shape index (κ3) is 4.10. The molecule has 1 aromatic rings. The smallest absolute Gasteiger partial charge is 0.319 e. The van der Waals surface area contributed by atoms with E-state index in [2.05, 4.69) is 10.6 Å². The van der Waals surface area contributed by atoms with Crippen LogP contribution < -0.4 is 16.2 Å². The molecular formula is C16H25N3O3. The maximum absolute atomic E-state index is 12.2. The first-order chi connectivity index (χ1) is 10.5. The highest BCUT2D eigenvalue weighted by atomic mass is 16.3. The summed E-state index contributed by atoms with van der Waals surface area (Å²) in [7, 11) is 1.65. The lowest BCUT2D eigenvalue weighted by Gasteiger charge is -2.24. The van der Waals surface area contributed by atoms with Crippen LogP contribution in [-0.2, 0) is 7.05 Å². The van der Waals surface area contributed by atoms with Crippen molar-refractivity contribution in [3.8, 4) is 0 Å². The molecule has 6 heteroatoms. The van der Waals surface area contributed by atoms with E-state index in [9.17, 15) is 14.7 Å². The van der Waals surface area contributed by atoms with Gasteiger partial charge in [0, 0.05) is 37.9 Å². The Labute approximate surface area is 130 Å². The van der Waals surface area contributed by atoms with E-state index in [1.54, 1.807) is 20.2 Å². The molecule has 22 heavy (non-hydrogen) atoms. The van der Waals surface area contributed by atoms with E-state index < -0.39 is 0 Å². The lowest BCUT2D eigenvalue weighted by molar-refractivity contribution is 0.182. The van der Waals surface area contributed by atoms with E-state index in [4.69, 9.17) is 0 Å². The van der Waals surface area contributed by atoms with Gasteiger partial charge in [-0.3, -0.25) is 4.79 Å². The summed E-state index contributed by atoms with van der Waals surface area (Å²) in [5.41, 5.74) is 1.25. The summed E-state index contributed by atoms with van der Waals surface area (Å²) in [4.78, 5) is 23.7. The second-order valence-electron chi connectivity index (χ2n) is 6.10. The number of rotatable bonds is 3. The number of pyridine rings is 1. The second kappa shape index (κ2) is 7.45. The van der Waals surface area contributed by atoms with E-state index in [1.165, 1.54) is 10.6 Å². The average Bonchev–Trinajstić information content (AvgIpc) is 2.69. The molecule has 0 radical (unpaired) electrons. The quantitative estimate of drug-likeness (QED) is 0.744. The maximum Gasteiger partial charge on any atom is 0.319 e. The normalized spacial score (nSPS) is 22.0. The van der Waals surface area contributed by atoms with E-state index in [-0.39, 0.29) is 30.2 Å². The van der Waals surface area contributed by atoms with Gasteiger partial charge in [-0.05, 0) is 25.3 Å². The molecule has 1 aromatic heterocycles. The molecule has 0 saturated heterocycles. The minimum Gasteiger partial charge on any atom is -0.396 e. The highest BCUT2D eigenvalue weighted by Gasteiger charge is 2.24. The van der Waals surface area contributed by atoms with Crippen molar-refractivity contribution in [2.45, 2.75) is 45.1 Å². The maximum atomic E-state index is 12.2. The van der Waals surface area contributed by atoms with Crippen LogP contribution in [0.1, 0.15) is 37.7 Å². The first-order valence-corrected chi connectivity index (χ1v) is 7.87. The van der Waals surface area contributed by atoms with Crippen molar-refractivity contribution in [2.24, 2.45) is 13.0 Å². The fourth-order valence-electron chi connectivity index (χ4n) is 2.97. The molecule has 2 amide bonds. The van der Waals surface area contributed by atoms with Crippen molar-refractivity contribution >= 4 is 11.7 Å². The summed E-state index contributed by atoms with van der Waals surface area (Å²) in [5.74, 6) is 0.120. The van der Waals surface area contributed by atoms with Gasteiger partial charge in [-0.15, -0.1) is 0 Å². The first kappa shape index (κ1) is 16.5. The number of nitrogens with one attached hydrogen (secondary N) is 2. The Morgan fingerprint density at radius 1 is 1.36 bits per heavy atom. The number of anilines is 1. The Bertz CT molecular complexity index is 582. The third-order valence-electron chi connectivity index (χ3n) is 4.39. The molecule has 1 fully saturated rings. The van der Waals surface area contributed by atoms with Crippen LogP contribution in [0.3, 0.4) is 0 Å². The van der Waals surface area contributed by atoms with Gasteiger partial charge < -0.3 is 20.3 Å². The number of aliphatic hydroxyl groups excluding tert-OH is 1. The summed E-state index contributed by atoms with van der Waals surface area (Å²) in [5, 5.41) is 15.3. The molecular weight excluding hydrogens is 282 g/mol. The van der Waals surface area contributed by atoms with Gasteiger partial charge in [0.05, 0.1) is 5.69 Å². The van der Waals surface area contributed by atoms with Crippen molar-refractivity contribution in [3.05, 3.63) is 28.2 Å². The number of nitrogens with zero attached hydrogens (tertiary/aromatic N) is 1. The number of urea groups is 1. The SMILES string of the molecule is Cc1cc(=O)n(C)cc1NC(=O)NC1CCCCCC1CO. The zero-order valence-corrected chi connectivity index (χ0v) is 13.3. The number of carbonyl (C=O) groups is 1. The van der Waals surface area contributed by atoms with Gasteiger partial charge in [0.1, 0.15) is 0 Å². The van der Waals surface area contributed by atoms with Gasteiger partial charge >= 0.3 is 6.03 Å². The largest absolute Gasteiger partial charge is 0.396 e. The number of hydrogen-bond donors (Lipinski definition) is 3. The van der Waals surface area contributed by atoms with Crippen molar-refractivity contribution < 1.29 is 9.90 Å². The molecule has 2 rings (SSSR count). The van der Waals surface area contributed by atoms with Crippen LogP contribution in [0.2, 0.25) is 0 Å². The molecule has 1 heterocycles. The van der Waals surface area contributed by atoms with Crippen molar-refractivity contribution in [1.29, 1.82) is 0 Å². The first-order valence-electron chi connectivity index (χ1n) is 7.87. The summed E-state index contributed by atoms with van der Waals surface area (Å²) >= 11 is 0. The van der Waals surface area contributed by atoms with Gasteiger partial charge in [0.15, 0.2) is 0 Å². The van der Waals surface area contributed by atoms with E-state index >= 15 is 0 Å². The predicted octanol–water partition coefficient (Wildman–Crippen LogP) is 1.76. The fourth-order valence-corrected chi connectivity index (χ4v) is 2.97. The van der Waals surface area contributed by atoms with Crippen LogP contribution in [0, 0.1) is 12.8 Å². The summed E-state index contributed by atoms with van der Waals surface area (Å²) in [6.45, 7) is 1.89. The zero-order chi connectivity index (χ0) is 16.1. The topological polar surface area (TPSA) is 83.4 Å². The molecule has 0 bridgehead atoms. The molecule has 0 spiro atoms. The third-order valence-corrected chi connectivity index (χ3v) is 4.39. The zero-order valence-electron chi connectivity index (χ0n) is 13.3. The van der Waals surface area contributed by atoms with Crippen LogP contribution in [-0.4, -0.2) is 28.4 Å². The molecule has 0 aromatic carbocycles. The molecule has 3 N–H and O–H groups in total. The predicted molar refractivity (Wildman–Crippen MR) is 86.0 cm³/mol. The van der Waals surface area contributed by atoms with Crippen LogP contribution in [0.15, 0.2) is 17.1 Å². The summed E-state index contributed by atoms with van der Waals surface area (Å²) in [6.07, 6.45) is 6.78. The average molecular weight is 307 g/mol. The van der Waals surface area contributed by atoms with Gasteiger partial charge in [-0.1, -0.05) is 19.3 Å². The number of carbonyl (C=O) groups excluding carboxylic acids is 1. The van der Waals surface area contributed by atoms with E-state index in [0.717, 1.165) is 37.7 Å². The molecule has 0 aliphatic heterocycles. The number of hydrogen-bond acceptors (Lipinski definition) is 3. The van der Waals surface area contributed by atoms with Crippen LogP contribution in [0.4, 0.5) is 10.5 Å². The molecule has 1 aliphatic rings. The van der Waals surface area contributed by atoms with E-state index in [1.807, 2.05) is 0 Å². The van der Waals surface area contributed by atoms with Crippen LogP contribution in [0.25, 0.3) is 0 Å². The minimum absolute atomic E-state index is 0.000313.